The van der Waals surface area contributed by atoms with Gasteiger partial charge in [0.15, 0.2) is 0 Å². The van der Waals surface area contributed by atoms with E-state index >= 15 is 0 Å². The first-order chi connectivity index (χ1) is 5.95. The number of hydrogen-bond donors (Lipinski definition) is 2. The lowest BCUT2D eigenvalue weighted by Gasteiger charge is -2.10. The van der Waals surface area contributed by atoms with Gasteiger partial charge in [0.2, 0.25) is 0 Å². The number of nitrogens with two attached hydrogens (primary N) is 1. The Morgan fingerprint density at radius 3 is 2.38 bits per heavy atom. The van der Waals surface area contributed by atoms with E-state index in [9.17, 15) is 13.2 Å². The van der Waals surface area contributed by atoms with Gasteiger partial charge in [-0.05, 0) is 25.4 Å². The molecule has 0 fully saturated rings. The molecule has 0 saturated carbocycles. The monoisotopic (exact) mass is 198 g/mol. The van der Waals surface area contributed by atoms with Gasteiger partial charge in [-0.15, -0.1) is 0 Å². The predicted molar refractivity (Wildman–Crippen MR) is 46.4 cm³/mol. The highest BCUT2D eigenvalue weighted by Crippen LogP contribution is 2.18. The van der Waals surface area contributed by atoms with E-state index in [1.54, 1.807) is 0 Å². The largest absolute Gasteiger partial charge is 0.390 e. The fraction of sp³-hybridized carbons (Fsp3) is 1.00. The smallest absolute Gasteiger partial charge is 0.330 e. The van der Waals surface area contributed by atoms with Crippen molar-refractivity contribution in [3.05, 3.63) is 0 Å². The Labute approximate surface area is 76.7 Å². The average Bonchev–Trinajstić information content (AvgIpc) is 2.01. The fourth-order valence-electron chi connectivity index (χ4n) is 0.821. The Morgan fingerprint density at radius 2 is 1.92 bits per heavy atom. The van der Waals surface area contributed by atoms with Gasteiger partial charge in [-0.25, -0.2) is 0 Å². The first kappa shape index (κ1) is 12.7. The number of halogens is 3. The summed E-state index contributed by atoms with van der Waals surface area (Å²) in [5.74, 6) is 0.374. The van der Waals surface area contributed by atoms with E-state index in [4.69, 9.17) is 5.73 Å². The minimum Gasteiger partial charge on any atom is -0.330 e. The first-order valence-electron chi connectivity index (χ1n) is 4.43. The van der Waals surface area contributed by atoms with Gasteiger partial charge >= 0.3 is 6.18 Å². The quantitative estimate of drug-likeness (QED) is 0.635. The van der Waals surface area contributed by atoms with Crippen molar-refractivity contribution in [2.75, 3.05) is 19.6 Å². The van der Waals surface area contributed by atoms with Gasteiger partial charge in [-0.2, -0.15) is 13.2 Å². The van der Waals surface area contributed by atoms with Gasteiger partial charge in [0.25, 0.3) is 0 Å². The van der Waals surface area contributed by atoms with E-state index in [1.807, 2.05) is 6.92 Å². The van der Waals surface area contributed by atoms with Crippen LogP contribution in [0.3, 0.4) is 0 Å². The lowest BCUT2D eigenvalue weighted by molar-refractivity contribution is -0.133. The van der Waals surface area contributed by atoms with Crippen LogP contribution in [0.4, 0.5) is 13.2 Å². The van der Waals surface area contributed by atoms with E-state index < -0.39 is 12.6 Å². The summed E-state index contributed by atoms with van der Waals surface area (Å²) in [5, 5.41) is 2.73. The van der Waals surface area contributed by atoms with Crippen LogP contribution < -0.4 is 11.1 Å². The summed E-state index contributed by atoms with van der Waals surface area (Å²) in [6.07, 6.45) is -3.98. The highest BCUT2D eigenvalue weighted by atomic mass is 19.4. The number of hydrogen-bond acceptors (Lipinski definition) is 2. The van der Waals surface area contributed by atoms with Crippen LogP contribution in [0.5, 0.6) is 0 Å². The molecular weight excluding hydrogens is 181 g/mol. The van der Waals surface area contributed by atoms with Crippen LogP contribution >= 0.6 is 0 Å². The van der Waals surface area contributed by atoms with Crippen molar-refractivity contribution in [1.82, 2.24) is 5.32 Å². The van der Waals surface area contributed by atoms with Crippen LogP contribution in [0, 0.1) is 5.92 Å². The van der Waals surface area contributed by atoms with E-state index in [0.29, 0.717) is 19.0 Å². The molecule has 2 nitrogen and oxygen atoms in total. The zero-order valence-corrected chi connectivity index (χ0v) is 7.82. The van der Waals surface area contributed by atoms with Gasteiger partial charge in [0.05, 0.1) is 6.42 Å². The summed E-state index contributed by atoms with van der Waals surface area (Å²) in [5.41, 5.74) is 5.35. The molecule has 0 aromatic carbocycles. The van der Waals surface area contributed by atoms with E-state index in [2.05, 4.69) is 5.32 Å². The molecule has 0 bridgehead atoms. The van der Waals surface area contributed by atoms with Crippen LogP contribution in [0.25, 0.3) is 0 Å². The molecule has 0 aliphatic heterocycles. The molecule has 80 valence electrons. The number of alkyl halides is 3. The summed E-state index contributed by atoms with van der Waals surface area (Å²) in [6, 6.07) is 0. The van der Waals surface area contributed by atoms with Crippen molar-refractivity contribution in [3.63, 3.8) is 0 Å². The second kappa shape index (κ2) is 6.21. The minimum atomic E-state index is -4.05. The van der Waals surface area contributed by atoms with Crippen molar-refractivity contribution in [1.29, 1.82) is 0 Å². The van der Waals surface area contributed by atoms with Crippen LogP contribution in [0.15, 0.2) is 0 Å². The average molecular weight is 198 g/mol. The predicted octanol–water partition coefficient (Wildman–Crippen LogP) is 1.51. The molecule has 0 aliphatic rings. The van der Waals surface area contributed by atoms with Crippen molar-refractivity contribution in [3.8, 4) is 0 Å². The molecule has 0 amide bonds. The van der Waals surface area contributed by atoms with E-state index in [1.165, 1.54) is 0 Å². The molecule has 0 rings (SSSR count). The molecule has 0 aliphatic carbocycles. The lowest BCUT2D eigenvalue weighted by Crippen LogP contribution is -2.25. The van der Waals surface area contributed by atoms with E-state index in [0.717, 1.165) is 6.42 Å². The fourth-order valence-corrected chi connectivity index (χ4v) is 0.821. The van der Waals surface area contributed by atoms with Gasteiger partial charge in [0.1, 0.15) is 0 Å². The number of nitrogens with one attached hydrogen (secondary N) is 1. The molecule has 0 heterocycles. The lowest BCUT2D eigenvalue weighted by atomic mass is 10.1. The second-order valence-electron chi connectivity index (χ2n) is 3.24. The maximum absolute atomic E-state index is 11.6. The summed E-state index contributed by atoms with van der Waals surface area (Å²) in [4.78, 5) is 0. The van der Waals surface area contributed by atoms with Crippen LogP contribution in [0.2, 0.25) is 0 Å². The Bertz CT molecular complexity index is 125. The van der Waals surface area contributed by atoms with Gasteiger partial charge < -0.3 is 11.1 Å². The van der Waals surface area contributed by atoms with Gasteiger partial charge in [0, 0.05) is 6.54 Å². The van der Waals surface area contributed by atoms with Crippen LogP contribution in [0.1, 0.15) is 19.8 Å². The highest BCUT2D eigenvalue weighted by Gasteiger charge is 2.25. The molecule has 1 unspecified atom stereocenters. The summed E-state index contributed by atoms with van der Waals surface area (Å²) in [6.45, 7) is 3.17. The van der Waals surface area contributed by atoms with E-state index in [-0.39, 0.29) is 6.54 Å². The molecule has 1 atom stereocenters. The maximum atomic E-state index is 11.6. The molecule has 0 aromatic rings. The summed E-state index contributed by atoms with van der Waals surface area (Å²) < 4.78 is 34.9. The summed E-state index contributed by atoms with van der Waals surface area (Å²) in [7, 11) is 0. The summed E-state index contributed by atoms with van der Waals surface area (Å²) >= 11 is 0. The van der Waals surface area contributed by atoms with Gasteiger partial charge in [-0.1, -0.05) is 6.92 Å². The van der Waals surface area contributed by atoms with Crippen molar-refractivity contribution >= 4 is 0 Å². The zero-order valence-electron chi connectivity index (χ0n) is 7.82. The second-order valence-corrected chi connectivity index (χ2v) is 3.24. The molecule has 0 spiro atoms. The van der Waals surface area contributed by atoms with Crippen molar-refractivity contribution in [2.45, 2.75) is 25.9 Å². The number of rotatable bonds is 6. The highest BCUT2D eigenvalue weighted by molar-refractivity contribution is 4.58. The molecule has 13 heavy (non-hydrogen) atoms. The maximum Gasteiger partial charge on any atom is 0.390 e. The standard InChI is InChI=1S/C8H17F3N2/c1-7(6-12)2-4-13-5-3-8(9,10)11/h7,13H,2-6,12H2,1H3. The minimum absolute atomic E-state index is 0.000785. The Kier molecular flexibility index (Phi) is 6.07. The molecule has 3 N–H and O–H groups in total. The molecule has 0 radical (unpaired) electrons. The first-order valence-corrected chi connectivity index (χ1v) is 4.43. The topological polar surface area (TPSA) is 38.0 Å². The molecular formula is C8H17F3N2. The third kappa shape index (κ3) is 9.63. The van der Waals surface area contributed by atoms with Crippen LogP contribution in [-0.4, -0.2) is 25.8 Å². The molecule has 0 saturated heterocycles. The third-order valence-electron chi connectivity index (χ3n) is 1.80. The van der Waals surface area contributed by atoms with Crippen molar-refractivity contribution in [2.24, 2.45) is 11.7 Å². The Hall–Kier alpha value is -0.290. The Morgan fingerprint density at radius 1 is 1.31 bits per heavy atom. The normalized spacial score (nSPS) is 14.5. The SMILES string of the molecule is CC(CN)CCNCCC(F)(F)F. The zero-order chi connectivity index (χ0) is 10.3. The molecule has 0 aromatic heterocycles. The molecule has 5 heteroatoms. The Balaban J connectivity index is 3.18. The van der Waals surface area contributed by atoms with Crippen molar-refractivity contribution < 1.29 is 13.2 Å². The van der Waals surface area contributed by atoms with Gasteiger partial charge in [-0.3, -0.25) is 0 Å². The third-order valence-corrected chi connectivity index (χ3v) is 1.80. The van der Waals surface area contributed by atoms with Crippen LogP contribution in [-0.2, 0) is 0 Å².